The summed E-state index contributed by atoms with van der Waals surface area (Å²) in [6.07, 6.45) is 5.41. The van der Waals surface area contributed by atoms with E-state index in [9.17, 15) is 5.26 Å². The molecule has 1 spiro atoms. The van der Waals surface area contributed by atoms with E-state index < -0.39 is 0 Å². The fourth-order valence-corrected chi connectivity index (χ4v) is 12.6. The number of nitriles is 1. The van der Waals surface area contributed by atoms with Crippen LogP contribution in [0, 0.1) is 35.0 Å². The fourth-order valence-electron chi connectivity index (χ4n) is 12.6. The van der Waals surface area contributed by atoms with E-state index in [-0.39, 0.29) is 10.8 Å². The van der Waals surface area contributed by atoms with Crippen LogP contribution in [0.5, 0.6) is 0 Å². The molecule has 0 aliphatic heterocycles. The van der Waals surface area contributed by atoms with Gasteiger partial charge in [0.2, 0.25) is 0 Å². The van der Waals surface area contributed by atoms with Crippen molar-refractivity contribution < 1.29 is 0 Å². The monoisotopic (exact) mass is 736 g/mol. The Balaban J connectivity index is 1.10. The van der Waals surface area contributed by atoms with Gasteiger partial charge in [0.05, 0.1) is 23.0 Å². The predicted molar refractivity (Wildman–Crippen MR) is 236 cm³/mol. The molecule has 4 aliphatic carbocycles. The van der Waals surface area contributed by atoms with Crippen LogP contribution < -0.4 is 4.90 Å². The zero-order valence-corrected chi connectivity index (χ0v) is 33.4. The molecule has 0 N–H and O–H groups in total. The molecule has 0 heterocycles. The van der Waals surface area contributed by atoms with Gasteiger partial charge in [-0.05, 0) is 147 Å². The van der Waals surface area contributed by atoms with Gasteiger partial charge >= 0.3 is 0 Å². The first-order valence-corrected chi connectivity index (χ1v) is 21.1. The van der Waals surface area contributed by atoms with Crippen LogP contribution in [-0.2, 0) is 10.8 Å². The minimum Gasteiger partial charge on any atom is -0.309 e. The van der Waals surface area contributed by atoms with Crippen molar-refractivity contribution in [3.8, 4) is 39.4 Å². The van der Waals surface area contributed by atoms with Crippen LogP contribution in [0.1, 0.15) is 81.2 Å². The summed E-state index contributed by atoms with van der Waals surface area (Å²) in [5, 5.41) is 12.2. The Bertz CT molecular complexity index is 2800. The van der Waals surface area contributed by atoms with Gasteiger partial charge < -0.3 is 4.90 Å². The Morgan fingerprint density at radius 3 is 2.05 bits per heavy atom. The van der Waals surface area contributed by atoms with Crippen molar-refractivity contribution in [3.05, 3.63) is 173 Å². The standard InChI is InChI=1S/C55H48N2/c1-34-28-37-30-35(2)55(39(29-34)31-37)48-18-8-5-12-43(48)46-32-38(24-27-49(46)55)41-14-9-16-44-42(41)15-10-20-51(44)57(40-25-22-36(33-56)23-26-40)52-21-11-19-50-53(52)45-13-6-7-17-47(45)54(50,3)4/h5-27,32,34-35,37,39H,28-31H2,1-4H3. The molecule has 0 aromatic heterocycles. The lowest BCUT2D eigenvalue weighted by Crippen LogP contribution is -2.49. The number of benzene rings is 7. The van der Waals surface area contributed by atoms with Crippen molar-refractivity contribution in [1.82, 2.24) is 0 Å². The molecule has 57 heavy (non-hydrogen) atoms. The Kier molecular flexibility index (Phi) is 7.56. The largest absolute Gasteiger partial charge is 0.309 e. The molecule has 0 saturated heterocycles. The maximum Gasteiger partial charge on any atom is 0.0991 e. The predicted octanol–water partition coefficient (Wildman–Crippen LogP) is 14.5. The van der Waals surface area contributed by atoms with Crippen molar-refractivity contribution in [1.29, 1.82) is 5.26 Å². The van der Waals surface area contributed by atoms with Gasteiger partial charge in [-0.3, -0.25) is 0 Å². The Morgan fingerprint density at radius 1 is 0.561 bits per heavy atom. The molecule has 2 bridgehead atoms. The molecule has 5 unspecified atom stereocenters. The first-order chi connectivity index (χ1) is 27.8. The van der Waals surface area contributed by atoms with Gasteiger partial charge in [0.25, 0.3) is 0 Å². The van der Waals surface area contributed by atoms with Crippen molar-refractivity contribution in [2.24, 2.45) is 23.7 Å². The minimum atomic E-state index is -0.124. The van der Waals surface area contributed by atoms with Gasteiger partial charge in [-0.25, -0.2) is 0 Å². The second kappa shape index (κ2) is 12.5. The number of fused-ring (bicyclic) bond motifs is 12. The average molecular weight is 737 g/mol. The molecular weight excluding hydrogens is 689 g/mol. The van der Waals surface area contributed by atoms with Crippen LogP contribution in [0.2, 0.25) is 0 Å². The lowest BCUT2D eigenvalue weighted by molar-refractivity contribution is 0.0426. The van der Waals surface area contributed by atoms with Gasteiger partial charge in [-0.1, -0.05) is 131 Å². The molecule has 0 amide bonds. The summed E-state index contributed by atoms with van der Waals surface area (Å²) in [7, 11) is 0. The number of hydrogen-bond donors (Lipinski definition) is 0. The normalized spacial score (nSPS) is 23.4. The SMILES string of the molecule is CC1CC2CC(C)C3(c4ccccc4-c4cc(-c5cccc6c(N(c7ccc(C#N)cc7)c7cccc8c7-c7ccccc7C8(C)C)cccc56)ccc43)C(C1)C2. The van der Waals surface area contributed by atoms with Gasteiger partial charge in [0, 0.05) is 27.5 Å². The van der Waals surface area contributed by atoms with Crippen LogP contribution in [0.25, 0.3) is 44.2 Å². The van der Waals surface area contributed by atoms with Crippen molar-refractivity contribution >= 4 is 27.8 Å². The smallest absolute Gasteiger partial charge is 0.0991 e. The molecule has 2 saturated carbocycles. The van der Waals surface area contributed by atoms with E-state index in [1.54, 1.807) is 11.1 Å². The van der Waals surface area contributed by atoms with Gasteiger partial charge in [0.15, 0.2) is 0 Å². The highest BCUT2D eigenvalue weighted by molar-refractivity contribution is 6.07. The Morgan fingerprint density at radius 2 is 1.23 bits per heavy atom. The molecule has 5 atom stereocenters. The van der Waals surface area contributed by atoms with Crippen LogP contribution >= 0.6 is 0 Å². The molecule has 2 fully saturated rings. The molecule has 278 valence electrons. The summed E-state index contributed by atoms with van der Waals surface area (Å²) in [6, 6.07) is 56.6. The summed E-state index contributed by atoms with van der Waals surface area (Å²) in [5.74, 6) is 2.96. The Labute approximate surface area is 337 Å². The molecule has 4 aliphatic rings. The first-order valence-electron chi connectivity index (χ1n) is 21.1. The third-order valence-corrected chi connectivity index (χ3v) is 14.8. The number of anilines is 3. The Hall–Kier alpha value is -5.91. The van der Waals surface area contributed by atoms with Crippen molar-refractivity contribution in [2.75, 3.05) is 4.90 Å². The van der Waals surface area contributed by atoms with Crippen LogP contribution in [0.15, 0.2) is 146 Å². The summed E-state index contributed by atoms with van der Waals surface area (Å²) in [4.78, 5) is 2.43. The van der Waals surface area contributed by atoms with Crippen molar-refractivity contribution in [2.45, 2.75) is 64.2 Å². The summed E-state index contributed by atoms with van der Waals surface area (Å²) in [5.41, 5.74) is 17.7. The van der Waals surface area contributed by atoms with E-state index in [1.165, 1.54) is 81.0 Å². The maximum atomic E-state index is 9.76. The van der Waals surface area contributed by atoms with Crippen LogP contribution in [0.3, 0.4) is 0 Å². The lowest BCUT2D eigenvalue weighted by Gasteiger charge is -2.54. The van der Waals surface area contributed by atoms with E-state index in [0.29, 0.717) is 17.4 Å². The van der Waals surface area contributed by atoms with E-state index >= 15 is 0 Å². The van der Waals surface area contributed by atoms with Crippen LogP contribution in [-0.4, -0.2) is 0 Å². The summed E-state index contributed by atoms with van der Waals surface area (Å²) in [6.45, 7) is 9.74. The van der Waals surface area contributed by atoms with E-state index in [0.717, 1.165) is 28.9 Å². The second-order valence-corrected chi connectivity index (χ2v) is 18.2. The molecular formula is C55H48N2. The van der Waals surface area contributed by atoms with Gasteiger partial charge in [-0.15, -0.1) is 0 Å². The zero-order valence-electron chi connectivity index (χ0n) is 33.4. The number of nitrogens with zero attached hydrogens (tertiary/aromatic N) is 2. The molecule has 2 nitrogen and oxygen atoms in total. The summed E-state index contributed by atoms with van der Waals surface area (Å²) < 4.78 is 0. The number of hydrogen-bond acceptors (Lipinski definition) is 2. The van der Waals surface area contributed by atoms with Gasteiger partial charge in [-0.2, -0.15) is 5.26 Å². The van der Waals surface area contributed by atoms with Crippen molar-refractivity contribution in [3.63, 3.8) is 0 Å². The third-order valence-electron chi connectivity index (χ3n) is 14.8. The fraction of sp³-hybridized carbons (Fsp3) is 0.255. The topological polar surface area (TPSA) is 27.0 Å². The minimum absolute atomic E-state index is 0.0896. The molecule has 0 radical (unpaired) electrons. The highest BCUT2D eigenvalue weighted by Gasteiger charge is 2.56. The average Bonchev–Trinajstić information content (AvgIpc) is 3.66. The van der Waals surface area contributed by atoms with E-state index in [2.05, 4.69) is 172 Å². The highest BCUT2D eigenvalue weighted by Crippen LogP contribution is 2.65. The lowest BCUT2D eigenvalue weighted by atomic mass is 9.49. The maximum absolute atomic E-state index is 9.76. The quantitative estimate of drug-likeness (QED) is 0.180. The molecule has 11 rings (SSSR count). The summed E-state index contributed by atoms with van der Waals surface area (Å²) >= 11 is 0. The zero-order chi connectivity index (χ0) is 38.6. The van der Waals surface area contributed by atoms with E-state index in [1.807, 2.05) is 12.1 Å². The van der Waals surface area contributed by atoms with Crippen LogP contribution in [0.4, 0.5) is 17.1 Å². The van der Waals surface area contributed by atoms with E-state index in [4.69, 9.17) is 0 Å². The second-order valence-electron chi connectivity index (χ2n) is 18.2. The number of rotatable bonds is 4. The molecule has 7 aromatic carbocycles. The molecule has 7 aromatic rings. The third kappa shape index (κ3) is 4.82. The first kappa shape index (κ1) is 34.3. The molecule has 2 heteroatoms. The highest BCUT2D eigenvalue weighted by atomic mass is 15.1. The van der Waals surface area contributed by atoms with Gasteiger partial charge in [0.1, 0.15) is 0 Å².